The summed E-state index contributed by atoms with van der Waals surface area (Å²) in [6.07, 6.45) is -0.211. The average molecular weight is 355 g/mol. The quantitative estimate of drug-likeness (QED) is 0.640. The minimum atomic E-state index is -0.432. The number of hydrogen-bond donors (Lipinski definition) is 2. The molecular weight excluding hydrogens is 336 g/mol. The standard InChI is InChI=1S/C16H19ClN2O3S/c1-8(2)22-15(20)13-9(3)18-16(23)19-14(13)10-5-6-12(21-4)11(17)7-10/h5-8,14H,1-4H3,(H2,18,19,23)/t14-/m1/s1. The number of benzene rings is 1. The third kappa shape index (κ3) is 3.95. The maximum absolute atomic E-state index is 12.5. The van der Waals surface area contributed by atoms with Gasteiger partial charge in [-0.2, -0.15) is 0 Å². The third-order valence-electron chi connectivity index (χ3n) is 3.34. The van der Waals surface area contributed by atoms with Crippen molar-refractivity contribution in [3.05, 3.63) is 40.1 Å². The number of hydrogen-bond acceptors (Lipinski definition) is 4. The van der Waals surface area contributed by atoms with Crippen molar-refractivity contribution in [3.63, 3.8) is 0 Å². The number of methoxy groups -OCH3 is 1. The molecule has 5 nitrogen and oxygen atoms in total. The largest absolute Gasteiger partial charge is 0.495 e. The highest BCUT2D eigenvalue weighted by Crippen LogP contribution is 2.33. The SMILES string of the molecule is COc1ccc([C@H]2NC(=S)NC(C)=C2C(=O)OC(C)C)cc1Cl. The van der Waals surface area contributed by atoms with Crippen molar-refractivity contribution in [1.82, 2.24) is 10.6 Å². The van der Waals surface area contributed by atoms with E-state index in [9.17, 15) is 4.79 Å². The van der Waals surface area contributed by atoms with Crippen LogP contribution in [0.25, 0.3) is 0 Å². The predicted octanol–water partition coefficient (Wildman–Crippen LogP) is 3.09. The summed E-state index contributed by atoms with van der Waals surface area (Å²) in [4.78, 5) is 12.5. The van der Waals surface area contributed by atoms with Gasteiger partial charge in [-0.1, -0.05) is 17.7 Å². The van der Waals surface area contributed by atoms with Gasteiger partial charge in [-0.25, -0.2) is 4.79 Å². The lowest BCUT2D eigenvalue weighted by Crippen LogP contribution is -2.45. The molecule has 0 amide bonds. The van der Waals surface area contributed by atoms with Gasteiger partial charge in [-0.05, 0) is 50.7 Å². The minimum Gasteiger partial charge on any atom is -0.495 e. The first-order valence-electron chi connectivity index (χ1n) is 7.16. The van der Waals surface area contributed by atoms with Crippen LogP contribution < -0.4 is 15.4 Å². The molecule has 23 heavy (non-hydrogen) atoms. The highest BCUT2D eigenvalue weighted by Gasteiger charge is 2.31. The summed E-state index contributed by atoms with van der Waals surface area (Å²) in [5.41, 5.74) is 1.94. The van der Waals surface area contributed by atoms with Gasteiger partial charge >= 0.3 is 5.97 Å². The van der Waals surface area contributed by atoms with E-state index in [4.69, 9.17) is 33.3 Å². The van der Waals surface area contributed by atoms with E-state index in [-0.39, 0.29) is 6.10 Å². The molecule has 124 valence electrons. The lowest BCUT2D eigenvalue weighted by molar-refractivity contribution is -0.143. The highest BCUT2D eigenvalue weighted by molar-refractivity contribution is 7.80. The highest BCUT2D eigenvalue weighted by atomic mass is 35.5. The van der Waals surface area contributed by atoms with Gasteiger partial charge in [-0.15, -0.1) is 0 Å². The molecular formula is C16H19ClN2O3S. The van der Waals surface area contributed by atoms with Crippen molar-refractivity contribution in [2.45, 2.75) is 32.9 Å². The van der Waals surface area contributed by atoms with E-state index in [1.165, 1.54) is 0 Å². The first kappa shape index (κ1) is 17.6. The summed E-state index contributed by atoms with van der Waals surface area (Å²) >= 11 is 11.4. The second-order valence-electron chi connectivity index (χ2n) is 5.42. The lowest BCUT2D eigenvalue weighted by Gasteiger charge is -2.30. The van der Waals surface area contributed by atoms with Gasteiger partial charge in [0, 0.05) is 5.70 Å². The fourth-order valence-electron chi connectivity index (χ4n) is 2.35. The van der Waals surface area contributed by atoms with Crippen LogP contribution in [0.15, 0.2) is 29.5 Å². The Balaban J connectivity index is 2.44. The Labute approximate surface area is 146 Å². The molecule has 1 aliphatic rings. The molecule has 0 bridgehead atoms. The molecule has 0 aliphatic carbocycles. The molecule has 1 heterocycles. The first-order chi connectivity index (χ1) is 10.8. The molecule has 0 fully saturated rings. The molecule has 0 spiro atoms. The number of allylic oxidation sites excluding steroid dienone is 1. The van der Waals surface area contributed by atoms with Crippen LogP contribution in [0.4, 0.5) is 0 Å². The van der Waals surface area contributed by atoms with E-state index < -0.39 is 12.0 Å². The van der Waals surface area contributed by atoms with Gasteiger partial charge in [0.15, 0.2) is 5.11 Å². The van der Waals surface area contributed by atoms with E-state index in [0.29, 0.717) is 27.2 Å². The van der Waals surface area contributed by atoms with E-state index in [1.807, 2.05) is 6.07 Å². The molecule has 0 saturated heterocycles. The van der Waals surface area contributed by atoms with Gasteiger partial charge in [-0.3, -0.25) is 0 Å². The number of esters is 1. The molecule has 7 heteroatoms. The summed E-state index contributed by atoms with van der Waals surface area (Å²) in [6.45, 7) is 5.41. The maximum Gasteiger partial charge on any atom is 0.338 e. The summed E-state index contributed by atoms with van der Waals surface area (Å²) < 4.78 is 10.5. The molecule has 0 unspecified atom stereocenters. The van der Waals surface area contributed by atoms with E-state index in [0.717, 1.165) is 5.56 Å². The van der Waals surface area contributed by atoms with Crippen molar-refractivity contribution in [2.24, 2.45) is 0 Å². The zero-order chi connectivity index (χ0) is 17.1. The molecule has 2 rings (SSSR count). The van der Waals surface area contributed by atoms with Gasteiger partial charge < -0.3 is 20.1 Å². The van der Waals surface area contributed by atoms with Crippen LogP contribution in [0.1, 0.15) is 32.4 Å². The Morgan fingerprint density at radius 2 is 2.09 bits per heavy atom. The third-order valence-corrected chi connectivity index (χ3v) is 3.86. The number of halogens is 1. The molecule has 0 aromatic heterocycles. The Morgan fingerprint density at radius 1 is 1.39 bits per heavy atom. The van der Waals surface area contributed by atoms with Crippen LogP contribution in [0.3, 0.4) is 0 Å². The monoisotopic (exact) mass is 354 g/mol. The predicted molar refractivity (Wildman–Crippen MR) is 93.5 cm³/mol. The van der Waals surface area contributed by atoms with Gasteiger partial charge in [0.25, 0.3) is 0 Å². The average Bonchev–Trinajstić information content (AvgIpc) is 2.45. The molecule has 1 aromatic carbocycles. The summed E-state index contributed by atoms with van der Waals surface area (Å²) in [7, 11) is 1.55. The summed E-state index contributed by atoms with van der Waals surface area (Å²) in [6, 6.07) is 4.91. The van der Waals surface area contributed by atoms with Gasteiger partial charge in [0.05, 0.1) is 29.9 Å². The Hall–Kier alpha value is -1.79. The van der Waals surface area contributed by atoms with Gasteiger partial charge in [0.1, 0.15) is 5.75 Å². The van der Waals surface area contributed by atoms with Crippen LogP contribution in [-0.2, 0) is 9.53 Å². The van der Waals surface area contributed by atoms with E-state index in [1.54, 1.807) is 40.0 Å². The normalized spacial score (nSPS) is 17.7. The Morgan fingerprint density at radius 3 is 2.65 bits per heavy atom. The number of thiocarbonyl (C=S) groups is 1. The molecule has 1 aromatic rings. The topological polar surface area (TPSA) is 59.6 Å². The summed E-state index contributed by atoms with van der Waals surface area (Å²) in [5, 5.41) is 6.96. The maximum atomic E-state index is 12.5. The number of ether oxygens (including phenoxy) is 2. The molecule has 0 radical (unpaired) electrons. The first-order valence-corrected chi connectivity index (χ1v) is 7.94. The number of carbonyl (C=O) groups is 1. The number of nitrogens with one attached hydrogen (secondary N) is 2. The van der Waals surface area contributed by atoms with Crippen molar-refractivity contribution in [3.8, 4) is 5.75 Å². The zero-order valence-electron chi connectivity index (χ0n) is 13.4. The number of carbonyl (C=O) groups excluding carboxylic acids is 1. The number of rotatable bonds is 4. The fourth-order valence-corrected chi connectivity index (χ4v) is 2.89. The van der Waals surface area contributed by atoms with Crippen molar-refractivity contribution in [2.75, 3.05) is 7.11 Å². The smallest absolute Gasteiger partial charge is 0.338 e. The van der Waals surface area contributed by atoms with Gasteiger partial charge in [0.2, 0.25) is 0 Å². The molecule has 1 atom stereocenters. The molecule has 2 N–H and O–H groups in total. The van der Waals surface area contributed by atoms with Crippen molar-refractivity contribution in [1.29, 1.82) is 0 Å². The zero-order valence-corrected chi connectivity index (χ0v) is 15.0. The van der Waals surface area contributed by atoms with Crippen molar-refractivity contribution < 1.29 is 14.3 Å². The second kappa shape index (κ2) is 7.19. The Bertz CT molecular complexity index is 673. The van der Waals surface area contributed by atoms with Crippen LogP contribution in [0, 0.1) is 0 Å². The summed E-state index contributed by atoms with van der Waals surface area (Å²) in [5.74, 6) is 0.177. The van der Waals surface area contributed by atoms with Crippen LogP contribution >= 0.6 is 23.8 Å². The Kier molecular flexibility index (Phi) is 5.49. The van der Waals surface area contributed by atoms with Crippen molar-refractivity contribution >= 4 is 34.9 Å². The minimum absolute atomic E-state index is 0.211. The fraction of sp³-hybridized carbons (Fsp3) is 0.375. The van der Waals surface area contributed by atoms with E-state index >= 15 is 0 Å². The van der Waals surface area contributed by atoms with Crippen LogP contribution in [-0.4, -0.2) is 24.3 Å². The molecule has 1 aliphatic heterocycles. The molecule has 0 saturated carbocycles. The van der Waals surface area contributed by atoms with Crippen LogP contribution in [0.5, 0.6) is 5.75 Å². The van der Waals surface area contributed by atoms with E-state index in [2.05, 4.69) is 10.6 Å². The second-order valence-corrected chi connectivity index (χ2v) is 6.23. The van der Waals surface area contributed by atoms with Crippen LogP contribution in [0.2, 0.25) is 5.02 Å². The lowest BCUT2D eigenvalue weighted by atomic mass is 9.95.